The minimum Gasteiger partial charge on any atom is -0.336 e. The van der Waals surface area contributed by atoms with Gasteiger partial charge in [-0.3, -0.25) is 0 Å². The van der Waals surface area contributed by atoms with Crippen LogP contribution in [-0.4, -0.2) is 63.9 Å². The van der Waals surface area contributed by atoms with E-state index in [0.29, 0.717) is 19.6 Å². The lowest BCUT2D eigenvalue weighted by molar-refractivity contribution is 0.141. The zero-order valence-corrected chi connectivity index (χ0v) is 15.2. The van der Waals surface area contributed by atoms with Gasteiger partial charge in [0.15, 0.2) is 0 Å². The van der Waals surface area contributed by atoms with Crippen LogP contribution in [0.4, 0.5) is 9.59 Å². The molecule has 1 aromatic carbocycles. The van der Waals surface area contributed by atoms with Crippen LogP contribution < -0.4 is 10.6 Å². The first kappa shape index (κ1) is 17.4. The second kappa shape index (κ2) is 7.69. The van der Waals surface area contributed by atoms with E-state index in [2.05, 4.69) is 15.7 Å². The number of likely N-dealkylation sites (tertiary alicyclic amines) is 1. The summed E-state index contributed by atoms with van der Waals surface area (Å²) in [4.78, 5) is 27.9. The number of piperidine rings is 1. The van der Waals surface area contributed by atoms with Crippen LogP contribution in [0.25, 0.3) is 5.69 Å². The van der Waals surface area contributed by atoms with E-state index in [4.69, 9.17) is 0 Å². The molecule has 0 aliphatic carbocycles. The van der Waals surface area contributed by atoms with Crippen molar-refractivity contribution < 1.29 is 9.59 Å². The van der Waals surface area contributed by atoms with Crippen molar-refractivity contribution >= 4 is 12.1 Å². The highest BCUT2D eigenvalue weighted by Crippen LogP contribution is 2.18. The number of rotatable bonds is 4. The standard InChI is InChI=1S/C19H24N6O2/c26-18(23-9-6-16(7-10-23)24-11-8-20-19(24)27)21-12-15-13-22-25(14-15)17-4-2-1-3-5-17/h1-5,13-14,16H,6-12H2,(H,20,27)(H,21,26). The van der Waals surface area contributed by atoms with Gasteiger partial charge >= 0.3 is 12.1 Å². The predicted octanol–water partition coefficient (Wildman–Crippen LogP) is 1.57. The van der Waals surface area contributed by atoms with Gasteiger partial charge in [0.2, 0.25) is 0 Å². The number of carbonyl (C=O) groups is 2. The fourth-order valence-corrected chi connectivity index (χ4v) is 3.68. The second-order valence-electron chi connectivity index (χ2n) is 6.93. The van der Waals surface area contributed by atoms with E-state index in [1.807, 2.05) is 46.3 Å². The minimum atomic E-state index is -0.0632. The Kier molecular flexibility index (Phi) is 4.95. The van der Waals surface area contributed by atoms with Crippen LogP contribution in [-0.2, 0) is 6.54 Å². The Labute approximate surface area is 158 Å². The molecule has 4 amide bonds. The Morgan fingerprint density at radius 2 is 1.96 bits per heavy atom. The second-order valence-corrected chi connectivity index (χ2v) is 6.93. The molecule has 2 aliphatic heterocycles. The average Bonchev–Trinajstić information content (AvgIpc) is 3.36. The zero-order valence-electron chi connectivity index (χ0n) is 15.2. The van der Waals surface area contributed by atoms with Crippen molar-refractivity contribution in [1.82, 2.24) is 30.2 Å². The summed E-state index contributed by atoms with van der Waals surface area (Å²) in [5.74, 6) is 0. The first-order valence-corrected chi connectivity index (χ1v) is 9.37. The third-order valence-corrected chi connectivity index (χ3v) is 5.18. The molecule has 8 nitrogen and oxygen atoms in total. The van der Waals surface area contributed by atoms with Gasteiger partial charge in [-0.2, -0.15) is 5.10 Å². The Morgan fingerprint density at radius 3 is 2.67 bits per heavy atom. The van der Waals surface area contributed by atoms with E-state index < -0.39 is 0 Å². The number of urea groups is 2. The number of carbonyl (C=O) groups excluding carboxylic acids is 2. The first-order chi connectivity index (χ1) is 13.2. The number of amides is 4. The topological polar surface area (TPSA) is 82.5 Å². The van der Waals surface area contributed by atoms with E-state index in [1.54, 1.807) is 10.9 Å². The van der Waals surface area contributed by atoms with Crippen molar-refractivity contribution in [2.45, 2.75) is 25.4 Å². The highest BCUT2D eigenvalue weighted by atomic mass is 16.2. The van der Waals surface area contributed by atoms with Gasteiger partial charge in [-0.15, -0.1) is 0 Å². The SMILES string of the molecule is O=C(NCc1cnn(-c2ccccc2)c1)N1CCC(N2CCNC2=O)CC1. The molecule has 0 unspecified atom stereocenters. The summed E-state index contributed by atoms with van der Waals surface area (Å²) in [5, 5.41) is 10.2. The maximum atomic E-state index is 12.4. The summed E-state index contributed by atoms with van der Waals surface area (Å²) < 4.78 is 1.80. The maximum absolute atomic E-state index is 12.4. The highest BCUT2D eigenvalue weighted by Gasteiger charge is 2.31. The minimum absolute atomic E-state index is 0.0216. The molecule has 2 aliphatic rings. The molecule has 0 atom stereocenters. The number of benzene rings is 1. The average molecular weight is 368 g/mol. The van der Waals surface area contributed by atoms with Gasteiger partial charge in [-0.1, -0.05) is 18.2 Å². The first-order valence-electron chi connectivity index (χ1n) is 9.37. The fourth-order valence-electron chi connectivity index (χ4n) is 3.68. The third kappa shape index (κ3) is 3.89. The summed E-state index contributed by atoms with van der Waals surface area (Å²) in [7, 11) is 0. The molecular weight excluding hydrogens is 344 g/mol. The molecule has 2 fully saturated rings. The van der Waals surface area contributed by atoms with Gasteiger partial charge in [0, 0.05) is 50.5 Å². The lowest BCUT2D eigenvalue weighted by Crippen LogP contribution is -2.50. The van der Waals surface area contributed by atoms with E-state index in [1.165, 1.54) is 0 Å². The quantitative estimate of drug-likeness (QED) is 0.859. The number of hydrogen-bond acceptors (Lipinski definition) is 3. The van der Waals surface area contributed by atoms with Crippen LogP contribution in [0.1, 0.15) is 18.4 Å². The van der Waals surface area contributed by atoms with Gasteiger partial charge < -0.3 is 20.4 Å². The van der Waals surface area contributed by atoms with Crippen molar-refractivity contribution in [3.05, 3.63) is 48.3 Å². The number of hydrogen-bond donors (Lipinski definition) is 2. The lowest BCUT2D eigenvalue weighted by Gasteiger charge is -2.36. The molecule has 142 valence electrons. The van der Waals surface area contributed by atoms with Crippen molar-refractivity contribution in [2.75, 3.05) is 26.2 Å². The van der Waals surface area contributed by atoms with Crippen molar-refractivity contribution in [3.8, 4) is 5.69 Å². The summed E-state index contributed by atoms with van der Waals surface area (Å²) in [6, 6.07) is 10.1. The largest absolute Gasteiger partial charge is 0.336 e. The van der Waals surface area contributed by atoms with Gasteiger partial charge in [-0.25, -0.2) is 14.3 Å². The summed E-state index contributed by atoms with van der Waals surface area (Å²) in [6.45, 7) is 3.27. The zero-order chi connectivity index (χ0) is 18.6. The van der Waals surface area contributed by atoms with Gasteiger partial charge in [0.1, 0.15) is 0 Å². The molecule has 27 heavy (non-hydrogen) atoms. The van der Waals surface area contributed by atoms with Crippen LogP contribution in [0.15, 0.2) is 42.7 Å². The summed E-state index contributed by atoms with van der Waals surface area (Å²) >= 11 is 0. The van der Waals surface area contributed by atoms with E-state index in [-0.39, 0.29) is 18.1 Å². The Bertz CT molecular complexity index is 798. The molecule has 2 aromatic rings. The van der Waals surface area contributed by atoms with E-state index in [9.17, 15) is 9.59 Å². The van der Waals surface area contributed by atoms with Crippen LogP contribution >= 0.6 is 0 Å². The van der Waals surface area contributed by atoms with Crippen LogP contribution in [0.5, 0.6) is 0 Å². The van der Waals surface area contributed by atoms with E-state index in [0.717, 1.165) is 37.2 Å². The van der Waals surface area contributed by atoms with Crippen LogP contribution in [0.3, 0.4) is 0 Å². The number of para-hydroxylation sites is 1. The molecule has 1 aromatic heterocycles. The monoisotopic (exact) mass is 368 g/mol. The van der Waals surface area contributed by atoms with Crippen molar-refractivity contribution in [2.24, 2.45) is 0 Å². The molecule has 0 spiro atoms. The molecule has 0 bridgehead atoms. The van der Waals surface area contributed by atoms with Crippen LogP contribution in [0, 0.1) is 0 Å². The maximum Gasteiger partial charge on any atom is 0.317 e. The number of nitrogens with zero attached hydrogens (tertiary/aromatic N) is 4. The smallest absolute Gasteiger partial charge is 0.317 e. The fraction of sp³-hybridized carbons (Fsp3) is 0.421. The molecule has 2 saturated heterocycles. The van der Waals surface area contributed by atoms with E-state index >= 15 is 0 Å². The van der Waals surface area contributed by atoms with Crippen molar-refractivity contribution in [3.63, 3.8) is 0 Å². The lowest BCUT2D eigenvalue weighted by atomic mass is 10.0. The normalized spacial score (nSPS) is 17.9. The molecule has 4 rings (SSSR count). The summed E-state index contributed by atoms with van der Waals surface area (Å²) in [5.41, 5.74) is 1.94. The van der Waals surface area contributed by atoms with Gasteiger partial charge in [0.25, 0.3) is 0 Å². The number of nitrogens with one attached hydrogen (secondary N) is 2. The van der Waals surface area contributed by atoms with Gasteiger partial charge in [-0.05, 0) is 25.0 Å². The van der Waals surface area contributed by atoms with Crippen LogP contribution in [0.2, 0.25) is 0 Å². The molecule has 3 heterocycles. The molecular formula is C19H24N6O2. The summed E-state index contributed by atoms with van der Waals surface area (Å²) in [6.07, 6.45) is 5.35. The van der Waals surface area contributed by atoms with Crippen molar-refractivity contribution in [1.29, 1.82) is 0 Å². The molecule has 8 heteroatoms. The number of aromatic nitrogens is 2. The highest BCUT2D eigenvalue weighted by molar-refractivity contribution is 5.77. The van der Waals surface area contributed by atoms with Gasteiger partial charge in [0.05, 0.1) is 11.9 Å². The Hall–Kier alpha value is -3.03. The molecule has 0 saturated carbocycles. The Morgan fingerprint density at radius 1 is 1.19 bits per heavy atom. The third-order valence-electron chi connectivity index (χ3n) is 5.18. The molecule has 0 radical (unpaired) electrons. The predicted molar refractivity (Wildman–Crippen MR) is 100 cm³/mol. The Balaban J connectivity index is 1.26. The molecule has 2 N–H and O–H groups in total.